The van der Waals surface area contributed by atoms with Gasteiger partial charge in [-0.1, -0.05) is 32.0 Å². The Labute approximate surface area is 197 Å². The minimum absolute atomic E-state index is 0.0919. The highest BCUT2D eigenvalue weighted by Crippen LogP contribution is 2.47. The highest BCUT2D eigenvalue weighted by Gasteiger charge is 2.34. The lowest BCUT2D eigenvalue weighted by atomic mass is 9.83. The van der Waals surface area contributed by atoms with Crippen LogP contribution in [0.1, 0.15) is 32.8 Å². The monoisotopic (exact) mass is 462 g/mol. The van der Waals surface area contributed by atoms with Crippen LogP contribution in [0.3, 0.4) is 0 Å². The highest BCUT2D eigenvalue weighted by atomic mass is 32.1. The van der Waals surface area contributed by atoms with Gasteiger partial charge in [-0.3, -0.25) is 4.79 Å². The molecule has 2 aliphatic heterocycles. The van der Waals surface area contributed by atoms with Crippen molar-refractivity contribution in [2.24, 2.45) is 5.41 Å². The zero-order valence-electron chi connectivity index (χ0n) is 19.2. The van der Waals surface area contributed by atoms with Crippen LogP contribution in [0, 0.1) is 5.41 Å². The lowest BCUT2D eigenvalue weighted by molar-refractivity contribution is -0.117. The molecule has 0 radical (unpaired) electrons. The van der Waals surface area contributed by atoms with E-state index in [1.807, 2.05) is 18.2 Å². The molecule has 0 spiro atoms. The standard InChI is InChI=1S/C26H26N2O4S/c1-26(2,3)11-22(29)18-5-7-28(17-6-8-33-15-17)25-20-9-19(16-12-27-32-13-16)23(30-4)10-24(20)31-14-21(18)25/h5-6,8-10,12-13,15H,7,11,14H2,1-4H3. The van der Waals surface area contributed by atoms with Crippen molar-refractivity contribution in [2.75, 3.05) is 25.2 Å². The Bertz CT molecular complexity index is 1250. The van der Waals surface area contributed by atoms with Gasteiger partial charge in [0, 0.05) is 52.2 Å². The van der Waals surface area contributed by atoms with Crippen molar-refractivity contribution >= 4 is 28.5 Å². The number of ether oxygens (including phenoxy) is 2. The molecule has 6 nitrogen and oxygen atoms in total. The third-order valence-corrected chi connectivity index (χ3v) is 6.51. The molecule has 1 aromatic carbocycles. The van der Waals surface area contributed by atoms with Crippen LogP contribution in [0.15, 0.2) is 63.2 Å². The van der Waals surface area contributed by atoms with Crippen molar-refractivity contribution in [3.05, 3.63) is 64.2 Å². The second-order valence-electron chi connectivity index (χ2n) is 9.45. The first-order valence-corrected chi connectivity index (χ1v) is 11.8. The molecule has 5 rings (SSSR count). The molecule has 0 unspecified atom stereocenters. The molecular formula is C26H26N2O4S. The number of carbonyl (C=O) groups is 1. The van der Waals surface area contributed by atoms with Crippen molar-refractivity contribution in [2.45, 2.75) is 27.2 Å². The van der Waals surface area contributed by atoms with Crippen molar-refractivity contribution in [1.29, 1.82) is 0 Å². The van der Waals surface area contributed by atoms with Crippen molar-refractivity contribution in [3.63, 3.8) is 0 Å². The predicted molar refractivity (Wildman–Crippen MR) is 130 cm³/mol. The average Bonchev–Trinajstić information content (AvgIpc) is 3.50. The van der Waals surface area contributed by atoms with Gasteiger partial charge >= 0.3 is 0 Å². The number of ketones is 1. The average molecular weight is 463 g/mol. The number of anilines is 1. The van der Waals surface area contributed by atoms with Crippen LogP contribution in [-0.2, 0) is 4.79 Å². The summed E-state index contributed by atoms with van der Waals surface area (Å²) < 4.78 is 16.9. The molecule has 170 valence electrons. The van der Waals surface area contributed by atoms with Crippen LogP contribution >= 0.6 is 11.3 Å². The highest BCUT2D eigenvalue weighted by molar-refractivity contribution is 7.08. The van der Waals surface area contributed by atoms with E-state index in [1.54, 1.807) is 30.9 Å². The fourth-order valence-corrected chi connectivity index (χ4v) is 5.04. The second-order valence-corrected chi connectivity index (χ2v) is 10.2. The SMILES string of the molecule is COc1cc2c(cc1-c1cnoc1)C1=C(CO2)C(C(=O)CC(C)(C)C)=CCN1c1ccsc1. The van der Waals surface area contributed by atoms with Gasteiger partial charge in [0.15, 0.2) is 5.78 Å². The molecule has 7 heteroatoms. The Morgan fingerprint density at radius 2 is 2.12 bits per heavy atom. The second kappa shape index (κ2) is 8.23. The zero-order chi connectivity index (χ0) is 23.2. The summed E-state index contributed by atoms with van der Waals surface area (Å²) >= 11 is 1.65. The number of thiophene rings is 1. The summed E-state index contributed by atoms with van der Waals surface area (Å²) in [5.41, 5.74) is 6.31. The topological polar surface area (TPSA) is 64.8 Å². The molecule has 3 aromatic rings. The molecule has 0 saturated carbocycles. The fourth-order valence-electron chi connectivity index (χ4n) is 4.39. The Hall–Kier alpha value is -3.32. The Morgan fingerprint density at radius 1 is 1.27 bits per heavy atom. The van der Waals surface area contributed by atoms with Crippen LogP contribution in [-0.4, -0.2) is 31.2 Å². The Balaban J connectivity index is 1.69. The summed E-state index contributed by atoms with van der Waals surface area (Å²) in [5.74, 6) is 1.56. The van der Waals surface area contributed by atoms with Gasteiger partial charge in [-0.05, 0) is 22.9 Å². The van der Waals surface area contributed by atoms with E-state index in [-0.39, 0.29) is 11.2 Å². The lowest BCUT2D eigenvalue weighted by Crippen LogP contribution is -2.33. The number of benzene rings is 1. The van der Waals surface area contributed by atoms with E-state index in [0.29, 0.717) is 25.3 Å². The molecule has 0 saturated heterocycles. The molecule has 0 bridgehead atoms. The first-order chi connectivity index (χ1) is 15.9. The number of fused-ring (bicyclic) bond motifs is 2. The van der Waals surface area contributed by atoms with E-state index in [2.05, 4.69) is 47.7 Å². The number of Topliss-reactive ketones (excluding diaryl/α,β-unsaturated/α-hetero) is 1. The van der Waals surface area contributed by atoms with Crippen LogP contribution in [0.5, 0.6) is 11.5 Å². The molecule has 0 fully saturated rings. The number of carbonyl (C=O) groups excluding carboxylic acids is 1. The van der Waals surface area contributed by atoms with Gasteiger partial charge in [0.1, 0.15) is 24.4 Å². The smallest absolute Gasteiger partial charge is 0.163 e. The maximum Gasteiger partial charge on any atom is 0.163 e. The fraction of sp³-hybridized carbons (Fsp3) is 0.308. The maximum absolute atomic E-state index is 13.3. The minimum Gasteiger partial charge on any atom is -0.496 e. The van der Waals surface area contributed by atoms with Gasteiger partial charge in [-0.15, -0.1) is 0 Å². The van der Waals surface area contributed by atoms with E-state index in [9.17, 15) is 4.79 Å². The van der Waals surface area contributed by atoms with Crippen molar-refractivity contribution in [1.82, 2.24) is 5.16 Å². The summed E-state index contributed by atoms with van der Waals surface area (Å²) in [7, 11) is 1.64. The molecule has 2 aromatic heterocycles. The third kappa shape index (κ3) is 3.97. The van der Waals surface area contributed by atoms with Gasteiger partial charge in [-0.25, -0.2) is 0 Å². The first kappa shape index (κ1) is 21.5. The summed E-state index contributed by atoms with van der Waals surface area (Å²) in [4.78, 5) is 15.6. The third-order valence-electron chi connectivity index (χ3n) is 5.84. The molecular weight excluding hydrogens is 436 g/mol. The molecule has 0 amide bonds. The lowest BCUT2D eigenvalue weighted by Gasteiger charge is -2.37. The van der Waals surface area contributed by atoms with E-state index in [0.717, 1.165) is 45.0 Å². The first-order valence-electron chi connectivity index (χ1n) is 10.9. The van der Waals surface area contributed by atoms with Crippen molar-refractivity contribution < 1.29 is 18.8 Å². The minimum atomic E-state index is -0.0919. The molecule has 33 heavy (non-hydrogen) atoms. The van der Waals surface area contributed by atoms with Gasteiger partial charge in [-0.2, -0.15) is 11.3 Å². The number of hydrogen-bond donors (Lipinski definition) is 0. The van der Waals surface area contributed by atoms with E-state index >= 15 is 0 Å². The normalized spacial score (nSPS) is 15.5. The molecule has 2 aliphatic rings. The van der Waals surface area contributed by atoms with Crippen LogP contribution in [0.25, 0.3) is 16.8 Å². The molecule has 4 heterocycles. The van der Waals surface area contributed by atoms with Gasteiger partial charge in [0.2, 0.25) is 0 Å². The van der Waals surface area contributed by atoms with Crippen molar-refractivity contribution in [3.8, 4) is 22.6 Å². The maximum atomic E-state index is 13.3. The van der Waals surface area contributed by atoms with Gasteiger partial charge < -0.3 is 18.9 Å². The number of methoxy groups -OCH3 is 1. The van der Waals surface area contributed by atoms with E-state index < -0.39 is 0 Å². The van der Waals surface area contributed by atoms with Crippen LogP contribution in [0.2, 0.25) is 0 Å². The largest absolute Gasteiger partial charge is 0.496 e. The molecule has 0 atom stereocenters. The number of aromatic nitrogens is 1. The van der Waals surface area contributed by atoms with Gasteiger partial charge in [0.05, 0.1) is 24.7 Å². The van der Waals surface area contributed by atoms with Crippen LogP contribution < -0.4 is 14.4 Å². The molecule has 0 aliphatic carbocycles. The summed E-state index contributed by atoms with van der Waals surface area (Å²) in [6.07, 6.45) is 5.79. The Morgan fingerprint density at radius 3 is 2.79 bits per heavy atom. The summed E-state index contributed by atoms with van der Waals surface area (Å²) in [5, 5.41) is 8.05. The molecule has 0 N–H and O–H groups in total. The van der Waals surface area contributed by atoms with E-state index in [1.165, 1.54) is 0 Å². The number of hydrogen-bond acceptors (Lipinski definition) is 7. The van der Waals surface area contributed by atoms with E-state index in [4.69, 9.17) is 14.0 Å². The zero-order valence-corrected chi connectivity index (χ0v) is 20.0. The quantitative estimate of drug-likeness (QED) is 0.466. The van der Waals surface area contributed by atoms with Gasteiger partial charge in [0.25, 0.3) is 0 Å². The summed E-state index contributed by atoms with van der Waals surface area (Å²) in [6, 6.07) is 6.05. The number of nitrogens with zero attached hydrogens (tertiary/aromatic N) is 2. The Kier molecular flexibility index (Phi) is 5.37. The summed E-state index contributed by atoms with van der Waals surface area (Å²) in [6.45, 7) is 7.22. The van der Waals surface area contributed by atoms with Crippen LogP contribution in [0.4, 0.5) is 5.69 Å². The number of rotatable bonds is 5. The predicted octanol–water partition coefficient (Wildman–Crippen LogP) is 5.97.